The Labute approximate surface area is 123 Å². The molecule has 1 amide bonds. The molecule has 1 aromatic heterocycles. The number of amides is 1. The molecule has 0 radical (unpaired) electrons. The normalized spacial score (nSPS) is 26.9. The minimum atomic E-state index is -4.55. The number of carboxylic acids is 1. The van der Waals surface area contributed by atoms with E-state index in [1.807, 2.05) is 0 Å². The van der Waals surface area contributed by atoms with Gasteiger partial charge in [-0.25, -0.2) is 0 Å². The van der Waals surface area contributed by atoms with Crippen molar-refractivity contribution >= 4 is 11.9 Å². The van der Waals surface area contributed by atoms with Gasteiger partial charge < -0.3 is 10.0 Å². The molecule has 2 unspecified atom stereocenters. The maximum atomic E-state index is 12.6. The van der Waals surface area contributed by atoms with Crippen molar-refractivity contribution in [3.8, 4) is 0 Å². The predicted molar refractivity (Wildman–Crippen MR) is 66.7 cm³/mol. The summed E-state index contributed by atoms with van der Waals surface area (Å²) in [7, 11) is 1.35. The molecule has 22 heavy (non-hydrogen) atoms. The van der Waals surface area contributed by atoms with Crippen LogP contribution in [0.1, 0.15) is 17.8 Å². The number of halogens is 3. The second-order valence-electron chi connectivity index (χ2n) is 5.96. The van der Waals surface area contributed by atoms with Crippen molar-refractivity contribution in [2.75, 3.05) is 13.1 Å². The van der Waals surface area contributed by atoms with Gasteiger partial charge in [0.1, 0.15) is 0 Å². The van der Waals surface area contributed by atoms with Gasteiger partial charge in [-0.2, -0.15) is 18.3 Å². The zero-order valence-electron chi connectivity index (χ0n) is 11.7. The van der Waals surface area contributed by atoms with Crippen molar-refractivity contribution in [3.05, 3.63) is 17.5 Å². The lowest BCUT2D eigenvalue weighted by atomic mass is 10.1. The number of aromatic nitrogens is 2. The largest absolute Gasteiger partial charge is 0.481 e. The van der Waals surface area contributed by atoms with E-state index in [1.54, 1.807) is 0 Å². The van der Waals surface area contributed by atoms with E-state index in [1.165, 1.54) is 11.9 Å². The maximum Gasteiger partial charge on any atom is 0.435 e. The highest BCUT2D eigenvalue weighted by atomic mass is 19.4. The number of rotatable bonds is 3. The van der Waals surface area contributed by atoms with Crippen molar-refractivity contribution in [3.63, 3.8) is 0 Å². The average molecular weight is 317 g/mol. The molecule has 2 fully saturated rings. The summed E-state index contributed by atoms with van der Waals surface area (Å²) in [6.45, 7) is 0.491. The topological polar surface area (TPSA) is 75.4 Å². The highest BCUT2D eigenvalue weighted by molar-refractivity contribution is 5.84. The molecule has 3 rings (SSSR count). The molecule has 1 aromatic rings. The number of hydrogen-bond donors (Lipinski definition) is 1. The van der Waals surface area contributed by atoms with Gasteiger partial charge in [0.15, 0.2) is 5.69 Å². The number of carbonyl (C=O) groups excluding carboxylic acids is 1. The Kier molecular flexibility index (Phi) is 3.02. The average Bonchev–Trinajstić information content (AvgIpc) is 2.77. The van der Waals surface area contributed by atoms with Crippen LogP contribution in [-0.4, -0.2) is 44.8 Å². The standard InChI is InChI=1S/C13H14F3N3O3/c1-18-8(2-9(17-18)13(14,15)16)3-10(20)19-5-7-4-12(7,6-19)11(21)22/h2,7H,3-6H2,1H3,(H,21,22). The fraction of sp³-hybridized carbons (Fsp3) is 0.615. The smallest absolute Gasteiger partial charge is 0.435 e. The van der Waals surface area contributed by atoms with E-state index < -0.39 is 23.3 Å². The van der Waals surface area contributed by atoms with Crippen LogP contribution in [-0.2, 0) is 29.2 Å². The fourth-order valence-electron chi connectivity index (χ4n) is 3.08. The molecule has 2 heterocycles. The maximum absolute atomic E-state index is 12.6. The molecule has 0 spiro atoms. The van der Waals surface area contributed by atoms with Gasteiger partial charge in [-0.05, 0) is 18.4 Å². The van der Waals surface area contributed by atoms with Crippen molar-refractivity contribution in [2.45, 2.75) is 19.0 Å². The zero-order chi connectivity index (χ0) is 16.3. The molecule has 1 aliphatic heterocycles. The summed E-state index contributed by atoms with van der Waals surface area (Å²) in [6, 6.07) is 0.849. The first-order valence-electron chi connectivity index (χ1n) is 6.75. The molecule has 1 saturated heterocycles. The van der Waals surface area contributed by atoms with Crippen molar-refractivity contribution < 1.29 is 27.9 Å². The van der Waals surface area contributed by atoms with E-state index in [-0.39, 0.29) is 30.5 Å². The third kappa shape index (κ3) is 2.24. The first-order valence-corrected chi connectivity index (χ1v) is 6.75. The van der Waals surface area contributed by atoms with Gasteiger partial charge >= 0.3 is 12.1 Å². The Morgan fingerprint density at radius 1 is 1.50 bits per heavy atom. The molecule has 2 aliphatic rings. The van der Waals surface area contributed by atoms with Crippen LogP contribution in [0.3, 0.4) is 0 Å². The lowest BCUT2D eigenvalue weighted by molar-refractivity contribution is -0.144. The van der Waals surface area contributed by atoms with E-state index in [0.29, 0.717) is 13.0 Å². The number of likely N-dealkylation sites (tertiary alicyclic amines) is 1. The molecule has 120 valence electrons. The summed E-state index contributed by atoms with van der Waals surface area (Å²) in [5.74, 6) is -1.32. The molecule has 9 heteroatoms. The van der Waals surface area contributed by atoms with E-state index in [2.05, 4.69) is 5.10 Å². The van der Waals surface area contributed by atoms with E-state index in [9.17, 15) is 22.8 Å². The number of hydrogen-bond acceptors (Lipinski definition) is 3. The first kappa shape index (κ1) is 14.9. The van der Waals surface area contributed by atoms with Gasteiger partial charge in [-0.3, -0.25) is 14.3 Å². The van der Waals surface area contributed by atoms with Gasteiger partial charge in [0.25, 0.3) is 0 Å². The molecule has 1 saturated carbocycles. The van der Waals surface area contributed by atoms with E-state index in [0.717, 1.165) is 10.7 Å². The monoisotopic (exact) mass is 317 g/mol. The fourth-order valence-corrected chi connectivity index (χ4v) is 3.08. The Morgan fingerprint density at radius 3 is 2.68 bits per heavy atom. The van der Waals surface area contributed by atoms with Gasteiger partial charge in [0.2, 0.25) is 5.91 Å². The summed E-state index contributed by atoms with van der Waals surface area (Å²) in [5.41, 5.74) is -1.72. The molecule has 1 N–H and O–H groups in total. The van der Waals surface area contributed by atoms with Crippen molar-refractivity contribution in [1.82, 2.24) is 14.7 Å². The SMILES string of the molecule is Cn1nc(C(F)(F)F)cc1CC(=O)N1CC2CC2(C(=O)O)C1. The highest BCUT2D eigenvalue weighted by Crippen LogP contribution is 2.57. The molecular weight excluding hydrogens is 303 g/mol. The zero-order valence-corrected chi connectivity index (χ0v) is 11.7. The number of nitrogens with zero attached hydrogens (tertiary/aromatic N) is 3. The van der Waals surface area contributed by atoms with Crippen LogP contribution in [0.4, 0.5) is 13.2 Å². The number of alkyl halides is 3. The van der Waals surface area contributed by atoms with E-state index in [4.69, 9.17) is 5.11 Å². The number of aryl methyl sites for hydroxylation is 1. The Bertz CT molecular complexity index is 655. The Balaban J connectivity index is 1.69. The number of carbonyl (C=O) groups is 2. The summed E-state index contributed by atoms with van der Waals surface area (Å²) in [4.78, 5) is 24.8. The summed E-state index contributed by atoms with van der Waals surface area (Å²) in [5, 5.41) is 12.5. The Hall–Kier alpha value is -2.06. The van der Waals surface area contributed by atoms with Crippen LogP contribution in [0.2, 0.25) is 0 Å². The molecule has 1 aliphatic carbocycles. The molecule has 0 aromatic carbocycles. The summed E-state index contributed by atoms with van der Waals surface area (Å²) >= 11 is 0. The van der Waals surface area contributed by atoms with Crippen molar-refractivity contribution in [2.24, 2.45) is 18.4 Å². The molecule has 2 atom stereocenters. The third-order valence-corrected chi connectivity index (χ3v) is 4.52. The van der Waals surface area contributed by atoms with Crippen LogP contribution in [0, 0.1) is 11.3 Å². The minimum Gasteiger partial charge on any atom is -0.481 e. The van der Waals surface area contributed by atoms with Gasteiger partial charge in [0, 0.05) is 25.8 Å². The second kappa shape index (κ2) is 4.47. The highest BCUT2D eigenvalue weighted by Gasteiger charge is 2.66. The minimum absolute atomic E-state index is 0.0359. The Morgan fingerprint density at radius 2 is 2.18 bits per heavy atom. The van der Waals surface area contributed by atoms with Gasteiger partial charge in [-0.15, -0.1) is 0 Å². The molecule has 0 bridgehead atoms. The summed E-state index contributed by atoms with van der Waals surface area (Å²) in [6.07, 6.45) is -4.21. The number of piperidine rings is 1. The van der Waals surface area contributed by atoms with E-state index >= 15 is 0 Å². The summed E-state index contributed by atoms with van der Waals surface area (Å²) < 4.78 is 38.8. The van der Waals surface area contributed by atoms with Crippen LogP contribution >= 0.6 is 0 Å². The van der Waals surface area contributed by atoms with Crippen LogP contribution in [0.25, 0.3) is 0 Å². The van der Waals surface area contributed by atoms with Gasteiger partial charge in [0.05, 0.1) is 11.8 Å². The lowest BCUT2D eigenvalue weighted by Crippen LogP contribution is -2.35. The first-order chi connectivity index (χ1) is 10.1. The van der Waals surface area contributed by atoms with Gasteiger partial charge in [-0.1, -0.05) is 0 Å². The van der Waals surface area contributed by atoms with Crippen molar-refractivity contribution in [1.29, 1.82) is 0 Å². The second-order valence-corrected chi connectivity index (χ2v) is 5.96. The predicted octanol–water partition coefficient (Wildman–Crippen LogP) is 0.915. The number of carboxylic acid groups (broad SMARTS) is 1. The van der Waals surface area contributed by atoms with Crippen LogP contribution in [0.15, 0.2) is 6.07 Å². The van der Waals surface area contributed by atoms with Crippen LogP contribution in [0.5, 0.6) is 0 Å². The number of fused-ring (bicyclic) bond motifs is 1. The van der Waals surface area contributed by atoms with Crippen LogP contribution < -0.4 is 0 Å². The third-order valence-electron chi connectivity index (χ3n) is 4.52. The quantitative estimate of drug-likeness (QED) is 0.899. The molecule has 6 nitrogen and oxygen atoms in total. The molecular formula is C13H14F3N3O3. The number of aliphatic carboxylic acids is 1. The lowest BCUT2D eigenvalue weighted by Gasteiger charge is -2.19.